The molecule has 0 saturated carbocycles. The molecule has 0 atom stereocenters. The smallest absolute Gasteiger partial charge is 0.0516 e. The lowest BCUT2D eigenvalue weighted by molar-refractivity contribution is -0.0362. The number of rotatable bonds is 3. The summed E-state index contributed by atoms with van der Waals surface area (Å²) in [5.74, 6) is 0.912. The van der Waals surface area contributed by atoms with Gasteiger partial charge in [-0.1, -0.05) is 33.6 Å². The predicted molar refractivity (Wildman–Crippen MR) is 45.2 cm³/mol. The van der Waals surface area contributed by atoms with Gasteiger partial charge in [-0.05, 0) is 6.42 Å². The molecule has 1 heterocycles. The van der Waals surface area contributed by atoms with Crippen molar-refractivity contribution in [1.82, 2.24) is 0 Å². The molecule has 1 saturated heterocycles. The van der Waals surface area contributed by atoms with Gasteiger partial charge >= 0.3 is 0 Å². The molecule has 0 radical (unpaired) electrons. The number of hydrogen-bond acceptors (Lipinski definition) is 1. The summed E-state index contributed by atoms with van der Waals surface area (Å²) in [7, 11) is 0. The maximum atomic E-state index is 5.03. The molecular formula is C9H20O. The molecule has 1 rings (SSSR count). The van der Waals surface area contributed by atoms with E-state index in [4.69, 9.17) is 4.74 Å². The van der Waals surface area contributed by atoms with E-state index in [1.807, 2.05) is 13.8 Å². The largest absolute Gasteiger partial charge is 0.381 e. The third-order valence-corrected chi connectivity index (χ3v) is 1.67. The quantitative estimate of drug-likeness (QED) is 0.592. The second kappa shape index (κ2) is 7.07. The summed E-state index contributed by atoms with van der Waals surface area (Å²) >= 11 is 0. The van der Waals surface area contributed by atoms with Crippen LogP contribution < -0.4 is 0 Å². The molecular weight excluding hydrogens is 124 g/mol. The Morgan fingerprint density at radius 1 is 1.30 bits per heavy atom. The Labute approximate surface area is 64.8 Å². The Kier molecular flexibility index (Phi) is 7.04. The minimum absolute atomic E-state index is 0.912. The van der Waals surface area contributed by atoms with E-state index < -0.39 is 0 Å². The summed E-state index contributed by atoms with van der Waals surface area (Å²) in [4.78, 5) is 0. The molecule has 1 aliphatic rings. The summed E-state index contributed by atoms with van der Waals surface area (Å²) < 4.78 is 5.03. The summed E-state index contributed by atoms with van der Waals surface area (Å²) in [6, 6.07) is 0. The van der Waals surface area contributed by atoms with Crippen LogP contribution in [-0.2, 0) is 4.74 Å². The highest BCUT2D eigenvalue weighted by Gasteiger charge is 2.16. The van der Waals surface area contributed by atoms with Gasteiger partial charge in [-0.25, -0.2) is 0 Å². The van der Waals surface area contributed by atoms with Crippen LogP contribution in [0.5, 0.6) is 0 Å². The Balaban J connectivity index is 0.000000371. The zero-order chi connectivity index (χ0) is 7.82. The number of ether oxygens (including phenoxy) is 1. The standard InChI is InChI=1S/C7H14O.C2H6/c1-2-3-4-7-5-8-6-7;1-2/h7H,2-6H2,1H3;1-2H3. The Bertz CT molecular complexity index is 57.7. The first-order valence-electron chi connectivity index (χ1n) is 4.51. The van der Waals surface area contributed by atoms with E-state index >= 15 is 0 Å². The minimum Gasteiger partial charge on any atom is -0.381 e. The van der Waals surface area contributed by atoms with Gasteiger partial charge < -0.3 is 4.74 Å². The molecule has 1 heteroatoms. The third kappa shape index (κ3) is 3.89. The van der Waals surface area contributed by atoms with E-state index in [9.17, 15) is 0 Å². The highest BCUT2D eigenvalue weighted by molar-refractivity contribution is 4.64. The molecule has 0 amide bonds. The van der Waals surface area contributed by atoms with Crippen LogP contribution in [0.25, 0.3) is 0 Å². The molecule has 0 spiro atoms. The maximum Gasteiger partial charge on any atom is 0.0516 e. The van der Waals surface area contributed by atoms with Crippen molar-refractivity contribution >= 4 is 0 Å². The van der Waals surface area contributed by atoms with Crippen molar-refractivity contribution in [2.45, 2.75) is 40.0 Å². The Morgan fingerprint density at radius 3 is 2.20 bits per heavy atom. The zero-order valence-corrected chi connectivity index (χ0v) is 7.52. The van der Waals surface area contributed by atoms with Gasteiger partial charge in [0, 0.05) is 5.92 Å². The Hall–Kier alpha value is -0.0400. The van der Waals surface area contributed by atoms with Gasteiger partial charge in [-0.2, -0.15) is 0 Å². The topological polar surface area (TPSA) is 9.23 Å². The molecule has 1 fully saturated rings. The number of hydrogen-bond donors (Lipinski definition) is 0. The summed E-state index contributed by atoms with van der Waals surface area (Å²) in [6.45, 7) is 8.29. The van der Waals surface area contributed by atoms with Crippen LogP contribution in [0.3, 0.4) is 0 Å². The van der Waals surface area contributed by atoms with Crippen LogP contribution in [-0.4, -0.2) is 13.2 Å². The fraction of sp³-hybridized carbons (Fsp3) is 1.00. The van der Waals surface area contributed by atoms with Crippen LogP contribution in [0, 0.1) is 5.92 Å². The van der Waals surface area contributed by atoms with E-state index in [2.05, 4.69) is 6.92 Å². The summed E-state index contributed by atoms with van der Waals surface area (Å²) in [6.07, 6.45) is 4.10. The van der Waals surface area contributed by atoms with Crippen molar-refractivity contribution < 1.29 is 4.74 Å². The Morgan fingerprint density at radius 2 is 1.90 bits per heavy atom. The summed E-state index contributed by atoms with van der Waals surface area (Å²) in [5, 5.41) is 0. The van der Waals surface area contributed by atoms with E-state index in [0.29, 0.717) is 0 Å². The third-order valence-electron chi connectivity index (χ3n) is 1.67. The second-order valence-corrected chi connectivity index (χ2v) is 2.55. The van der Waals surface area contributed by atoms with Gasteiger partial charge in [0.15, 0.2) is 0 Å². The average molecular weight is 144 g/mol. The van der Waals surface area contributed by atoms with E-state index in [-0.39, 0.29) is 0 Å². The van der Waals surface area contributed by atoms with E-state index in [1.165, 1.54) is 19.3 Å². The molecule has 0 bridgehead atoms. The molecule has 62 valence electrons. The molecule has 0 N–H and O–H groups in total. The SMILES string of the molecule is CC.CCCCC1COC1. The fourth-order valence-electron chi connectivity index (χ4n) is 0.944. The van der Waals surface area contributed by atoms with Gasteiger partial charge in [0.2, 0.25) is 0 Å². The lowest BCUT2D eigenvalue weighted by Gasteiger charge is -2.25. The molecule has 10 heavy (non-hydrogen) atoms. The molecule has 1 nitrogen and oxygen atoms in total. The monoisotopic (exact) mass is 144 g/mol. The van der Waals surface area contributed by atoms with Crippen molar-refractivity contribution in [2.24, 2.45) is 5.92 Å². The highest BCUT2D eigenvalue weighted by Crippen LogP contribution is 2.16. The van der Waals surface area contributed by atoms with Crippen molar-refractivity contribution in [3.05, 3.63) is 0 Å². The molecule has 0 aromatic heterocycles. The van der Waals surface area contributed by atoms with Crippen LogP contribution in [0.4, 0.5) is 0 Å². The molecule has 0 aromatic rings. The van der Waals surface area contributed by atoms with E-state index in [1.54, 1.807) is 0 Å². The van der Waals surface area contributed by atoms with Crippen molar-refractivity contribution in [3.8, 4) is 0 Å². The minimum atomic E-state index is 0.912. The second-order valence-electron chi connectivity index (χ2n) is 2.55. The van der Waals surface area contributed by atoms with Crippen LogP contribution in [0.2, 0.25) is 0 Å². The first-order valence-corrected chi connectivity index (χ1v) is 4.51. The van der Waals surface area contributed by atoms with Crippen molar-refractivity contribution in [3.63, 3.8) is 0 Å². The highest BCUT2D eigenvalue weighted by atomic mass is 16.5. The van der Waals surface area contributed by atoms with Crippen molar-refractivity contribution in [2.75, 3.05) is 13.2 Å². The van der Waals surface area contributed by atoms with Gasteiger partial charge in [0.1, 0.15) is 0 Å². The van der Waals surface area contributed by atoms with E-state index in [0.717, 1.165) is 19.1 Å². The molecule has 0 aliphatic carbocycles. The first-order chi connectivity index (χ1) is 4.93. The van der Waals surface area contributed by atoms with Crippen molar-refractivity contribution in [1.29, 1.82) is 0 Å². The van der Waals surface area contributed by atoms with Crippen LogP contribution >= 0.6 is 0 Å². The predicted octanol–water partition coefficient (Wildman–Crippen LogP) is 2.85. The van der Waals surface area contributed by atoms with Gasteiger partial charge in [-0.15, -0.1) is 0 Å². The lowest BCUT2D eigenvalue weighted by atomic mass is 10.0. The van der Waals surface area contributed by atoms with Gasteiger partial charge in [0.05, 0.1) is 13.2 Å². The normalized spacial score (nSPS) is 17.1. The maximum absolute atomic E-state index is 5.03. The first kappa shape index (κ1) is 9.96. The fourth-order valence-corrected chi connectivity index (χ4v) is 0.944. The number of unbranched alkanes of at least 4 members (excludes halogenated alkanes) is 1. The van der Waals surface area contributed by atoms with Crippen LogP contribution in [0.1, 0.15) is 40.0 Å². The molecule has 0 aromatic carbocycles. The molecule has 0 unspecified atom stereocenters. The van der Waals surface area contributed by atoms with Crippen LogP contribution in [0.15, 0.2) is 0 Å². The summed E-state index contributed by atoms with van der Waals surface area (Å²) in [5.41, 5.74) is 0. The van der Waals surface area contributed by atoms with Gasteiger partial charge in [0.25, 0.3) is 0 Å². The van der Waals surface area contributed by atoms with Gasteiger partial charge in [-0.3, -0.25) is 0 Å². The zero-order valence-electron chi connectivity index (χ0n) is 7.52. The average Bonchev–Trinajstić information content (AvgIpc) is 1.90. The lowest BCUT2D eigenvalue weighted by Crippen LogP contribution is -2.26. The molecule has 1 aliphatic heterocycles.